The van der Waals surface area contributed by atoms with Gasteiger partial charge in [-0.2, -0.15) is 13.2 Å². The van der Waals surface area contributed by atoms with E-state index in [4.69, 9.17) is 16.2 Å². The summed E-state index contributed by atoms with van der Waals surface area (Å²) in [6.45, 7) is 0. The van der Waals surface area contributed by atoms with Crippen molar-refractivity contribution in [1.29, 1.82) is 0 Å². The van der Waals surface area contributed by atoms with Crippen molar-refractivity contribution in [3.05, 3.63) is 88.5 Å². The van der Waals surface area contributed by atoms with Crippen molar-refractivity contribution in [2.75, 3.05) is 7.11 Å². The van der Waals surface area contributed by atoms with Crippen LogP contribution in [0.25, 0.3) is 0 Å². The number of alkyl halides is 3. The molecule has 0 radical (unpaired) electrons. The number of fused-ring (bicyclic) bond motifs is 1. The molecule has 0 saturated heterocycles. The highest BCUT2D eigenvalue weighted by Gasteiger charge is 2.58. The Morgan fingerprint density at radius 1 is 1.22 bits per heavy atom. The molecule has 2 atom stereocenters. The number of benzene rings is 2. The minimum Gasteiger partial charge on any atom is -0.497 e. The van der Waals surface area contributed by atoms with E-state index in [-0.39, 0.29) is 28.5 Å². The molecule has 0 bridgehead atoms. The number of rotatable bonds is 4. The number of nitrogens with zero attached hydrogens (tertiary/aromatic N) is 1. The van der Waals surface area contributed by atoms with E-state index in [2.05, 4.69) is 4.99 Å². The Hall–Kier alpha value is -3.55. The molecule has 0 aromatic heterocycles. The van der Waals surface area contributed by atoms with E-state index in [1.807, 2.05) is 12.1 Å². The van der Waals surface area contributed by atoms with E-state index in [9.17, 15) is 18.0 Å². The fraction of sp³-hybridized carbons (Fsp3) is 0.250. The maximum atomic E-state index is 14.6. The second-order valence-corrected chi connectivity index (χ2v) is 7.91. The molecule has 1 aliphatic carbocycles. The summed E-state index contributed by atoms with van der Waals surface area (Å²) in [4.78, 5) is 15.6. The van der Waals surface area contributed by atoms with E-state index in [1.54, 1.807) is 24.3 Å². The van der Waals surface area contributed by atoms with Gasteiger partial charge < -0.3 is 16.2 Å². The topological polar surface area (TPSA) is 90.7 Å². The molecule has 2 aliphatic rings. The third-order valence-corrected chi connectivity index (χ3v) is 5.96. The van der Waals surface area contributed by atoms with Crippen LogP contribution in [0.5, 0.6) is 5.75 Å². The molecule has 2 unspecified atom stereocenters. The lowest BCUT2D eigenvalue weighted by atomic mass is 9.75. The van der Waals surface area contributed by atoms with Crippen molar-refractivity contribution >= 4 is 11.7 Å². The van der Waals surface area contributed by atoms with E-state index < -0.39 is 24.0 Å². The normalized spacial score (nSPS) is 22.6. The summed E-state index contributed by atoms with van der Waals surface area (Å²) in [5, 5.41) is 0. The summed E-state index contributed by atoms with van der Waals surface area (Å²) < 4.78 is 49.1. The predicted octanol–water partition coefficient (Wildman–Crippen LogP) is 4.03. The molecule has 4 N–H and O–H groups in total. The number of halogens is 3. The van der Waals surface area contributed by atoms with Crippen molar-refractivity contribution in [2.45, 2.75) is 30.5 Å². The van der Waals surface area contributed by atoms with E-state index >= 15 is 0 Å². The first-order valence-electron chi connectivity index (χ1n) is 10.0. The standard InChI is InChI=1S/C24H22F3N3O2/c1-32-19-7-3-5-15(12-19)14-4-2-6-18(11-14)23(24(25,26)27)13-17-10-16(22(29)31)8-9-20(17)21(28)30-23/h2-3,5-12,14H,4,13H2,1H3,(H2,28,30)(H2,29,31). The number of carbonyl (C=O) groups is 1. The Balaban J connectivity index is 1.83. The summed E-state index contributed by atoms with van der Waals surface area (Å²) in [5.41, 5.74) is 10.4. The summed E-state index contributed by atoms with van der Waals surface area (Å²) in [5.74, 6) is -0.594. The van der Waals surface area contributed by atoms with Gasteiger partial charge in [0.25, 0.3) is 0 Å². The third-order valence-electron chi connectivity index (χ3n) is 5.96. The molecule has 166 valence electrons. The molecular weight excluding hydrogens is 419 g/mol. The Morgan fingerprint density at radius 2 is 2.00 bits per heavy atom. The molecule has 0 saturated carbocycles. The van der Waals surface area contributed by atoms with Gasteiger partial charge in [0.05, 0.1) is 7.11 Å². The number of aliphatic imine (C=N–C) groups is 1. The summed E-state index contributed by atoms with van der Waals surface area (Å²) >= 11 is 0. The van der Waals surface area contributed by atoms with Crippen LogP contribution in [-0.4, -0.2) is 30.6 Å². The number of hydrogen-bond acceptors (Lipinski definition) is 4. The maximum absolute atomic E-state index is 14.6. The van der Waals surface area contributed by atoms with Gasteiger partial charge in [0.2, 0.25) is 5.91 Å². The summed E-state index contributed by atoms with van der Waals surface area (Å²) in [6.07, 6.45) is 0.130. The molecule has 1 aliphatic heterocycles. The number of nitrogens with two attached hydrogens (primary N) is 2. The number of amides is 1. The average Bonchev–Trinajstić information content (AvgIpc) is 2.78. The fourth-order valence-corrected chi connectivity index (χ4v) is 4.28. The molecule has 0 spiro atoms. The smallest absolute Gasteiger partial charge is 0.418 e. The number of hydrogen-bond donors (Lipinski definition) is 2. The van der Waals surface area contributed by atoms with Gasteiger partial charge in [-0.3, -0.25) is 4.79 Å². The number of methoxy groups -OCH3 is 1. The van der Waals surface area contributed by atoms with E-state index in [0.29, 0.717) is 17.7 Å². The number of primary amides is 1. The van der Waals surface area contributed by atoms with Gasteiger partial charge in [-0.25, -0.2) is 4.99 Å². The first-order valence-corrected chi connectivity index (χ1v) is 10.0. The molecule has 1 amide bonds. The zero-order valence-corrected chi connectivity index (χ0v) is 17.3. The molecule has 8 heteroatoms. The molecule has 1 heterocycles. The number of amidine groups is 1. The molecule has 32 heavy (non-hydrogen) atoms. The van der Waals surface area contributed by atoms with Crippen LogP contribution in [0.1, 0.15) is 39.4 Å². The van der Waals surface area contributed by atoms with Gasteiger partial charge >= 0.3 is 6.18 Å². The molecule has 2 aromatic carbocycles. The highest BCUT2D eigenvalue weighted by atomic mass is 19.4. The first-order chi connectivity index (χ1) is 15.1. The lowest BCUT2D eigenvalue weighted by Gasteiger charge is -2.38. The number of ether oxygens (including phenoxy) is 1. The zero-order chi connectivity index (χ0) is 23.1. The van der Waals surface area contributed by atoms with Crippen LogP contribution in [0.15, 0.2) is 71.3 Å². The highest BCUT2D eigenvalue weighted by Crippen LogP contribution is 2.47. The molecule has 4 rings (SSSR count). The van der Waals surface area contributed by atoms with Gasteiger partial charge in [-0.15, -0.1) is 0 Å². The Labute approximate surface area is 183 Å². The Morgan fingerprint density at radius 3 is 2.69 bits per heavy atom. The Bertz CT molecular complexity index is 1170. The molecule has 2 aromatic rings. The lowest BCUT2D eigenvalue weighted by Crippen LogP contribution is -2.51. The maximum Gasteiger partial charge on any atom is 0.418 e. The van der Waals surface area contributed by atoms with Crippen LogP contribution >= 0.6 is 0 Å². The summed E-state index contributed by atoms with van der Waals surface area (Å²) in [6, 6.07) is 11.5. The predicted molar refractivity (Wildman–Crippen MR) is 116 cm³/mol. The van der Waals surface area contributed by atoms with Gasteiger partial charge in [-0.1, -0.05) is 36.4 Å². The number of allylic oxidation sites excluding steroid dienone is 2. The third kappa shape index (κ3) is 3.66. The minimum atomic E-state index is -4.72. The molecular formula is C24H22F3N3O2. The monoisotopic (exact) mass is 441 g/mol. The van der Waals surface area contributed by atoms with Crippen molar-refractivity contribution in [2.24, 2.45) is 16.5 Å². The fourth-order valence-electron chi connectivity index (χ4n) is 4.28. The largest absolute Gasteiger partial charge is 0.497 e. The van der Waals surface area contributed by atoms with E-state index in [0.717, 1.165) is 5.56 Å². The average molecular weight is 441 g/mol. The van der Waals surface area contributed by atoms with Crippen molar-refractivity contribution < 1.29 is 22.7 Å². The second-order valence-electron chi connectivity index (χ2n) is 7.91. The van der Waals surface area contributed by atoms with Crippen molar-refractivity contribution in [1.82, 2.24) is 0 Å². The highest BCUT2D eigenvalue weighted by molar-refractivity contribution is 6.02. The van der Waals surface area contributed by atoms with Crippen molar-refractivity contribution in [3.63, 3.8) is 0 Å². The van der Waals surface area contributed by atoms with Crippen LogP contribution in [0.4, 0.5) is 13.2 Å². The van der Waals surface area contributed by atoms with Crippen LogP contribution in [0, 0.1) is 0 Å². The van der Waals surface area contributed by atoms with Crippen LogP contribution in [0.2, 0.25) is 0 Å². The lowest BCUT2D eigenvalue weighted by molar-refractivity contribution is -0.173. The van der Waals surface area contributed by atoms with E-state index in [1.165, 1.54) is 31.4 Å². The SMILES string of the molecule is COc1cccc(C2C=C(C3(C(F)(F)F)Cc4cc(C(N)=O)ccc4C(N)=N3)C=CC2)c1. The quantitative estimate of drug-likeness (QED) is 0.751. The van der Waals surface area contributed by atoms with Gasteiger partial charge in [-0.05, 0) is 47.4 Å². The van der Waals surface area contributed by atoms with Gasteiger partial charge in [0.1, 0.15) is 11.6 Å². The first kappa shape index (κ1) is 21.7. The second kappa shape index (κ2) is 7.85. The van der Waals surface area contributed by atoms with Crippen LogP contribution < -0.4 is 16.2 Å². The van der Waals surface area contributed by atoms with Gasteiger partial charge in [0.15, 0.2) is 5.54 Å². The van der Waals surface area contributed by atoms with Crippen LogP contribution in [-0.2, 0) is 6.42 Å². The Kier molecular flexibility index (Phi) is 5.32. The van der Waals surface area contributed by atoms with Crippen LogP contribution in [0.3, 0.4) is 0 Å². The minimum absolute atomic E-state index is 0.0159. The summed E-state index contributed by atoms with van der Waals surface area (Å²) in [7, 11) is 1.54. The number of carbonyl (C=O) groups excluding carboxylic acids is 1. The van der Waals surface area contributed by atoms with Crippen molar-refractivity contribution in [3.8, 4) is 5.75 Å². The zero-order valence-electron chi connectivity index (χ0n) is 17.3. The van der Waals surface area contributed by atoms with Gasteiger partial charge in [0, 0.05) is 23.5 Å². The molecule has 0 fully saturated rings. The molecule has 5 nitrogen and oxygen atoms in total.